The maximum Gasteiger partial charge on any atom is 0.251 e. The van der Waals surface area contributed by atoms with Crippen molar-refractivity contribution in [1.82, 2.24) is 20.9 Å². The first-order valence-corrected chi connectivity index (χ1v) is 10.4. The maximum atomic E-state index is 12.1. The van der Waals surface area contributed by atoms with Gasteiger partial charge in [0.1, 0.15) is 0 Å². The zero-order chi connectivity index (χ0) is 20.0. The van der Waals surface area contributed by atoms with Gasteiger partial charge in [-0.25, -0.2) is 4.99 Å². The Hall–Kier alpha value is -1.39. The highest BCUT2D eigenvalue weighted by Crippen LogP contribution is 2.06. The van der Waals surface area contributed by atoms with Crippen LogP contribution in [0, 0.1) is 0 Å². The van der Waals surface area contributed by atoms with E-state index in [4.69, 9.17) is 4.74 Å². The van der Waals surface area contributed by atoms with Gasteiger partial charge < -0.3 is 20.7 Å². The van der Waals surface area contributed by atoms with Gasteiger partial charge in [-0.3, -0.25) is 9.69 Å². The second-order valence-electron chi connectivity index (χ2n) is 6.88. The summed E-state index contributed by atoms with van der Waals surface area (Å²) in [6, 6.07) is 7.67. The smallest absolute Gasteiger partial charge is 0.251 e. The molecule has 0 atom stereocenters. The van der Waals surface area contributed by atoms with Crippen LogP contribution in [0.5, 0.6) is 0 Å². The van der Waals surface area contributed by atoms with E-state index >= 15 is 0 Å². The monoisotopic (exact) mass is 517 g/mol. The Bertz CT molecular complexity index is 604. The summed E-state index contributed by atoms with van der Waals surface area (Å²) in [4.78, 5) is 19.1. The van der Waals surface area contributed by atoms with E-state index in [1.54, 1.807) is 0 Å². The maximum absolute atomic E-state index is 12.1. The van der Waals surface area contributed by atoms with E-state index in [2.05, 4.69) is 39.7 Å². The van der Waals surface area contributed by atoms with Gasteiger partial charge in [-0.15, -0.1) is 24.0 Å². The van der Waals surface area contributed by atoms with Crippen molar-refractivity contribution in [2.75, 3.05) is 52.5 Å². The van der Waals surface area contributed by atoms with Crippen LogP contribution in [0.1, 0.15) is 42.6 Å². The summed E-state index contributed by atoms with van der Waals surface area (Å²) < 4.78 is 5.38. The summed E-state index contributed by atoms with van der Waals surface area (Å²) in [5.74, 6) is 0.804. The zero-order valence-electron chi connectivity index (χ0n) is 17.7. The Morgan fingerprint density at radius 3 is 2.45 bits per heavy atom. The molecule has 3 N–H and O–H groups in total. The van der Waals surface area contributed by atoms with Crippen LogP contribution in [0.25, 0.3) is 0 Å². The van der Waals surface area contributed by atoms with Crippen molar-refractivity contribution in [1.29, 1.82) is 0 Å². The average Bonchev–Trinajstić information content (AvgIpc) is 2.73. The first-order valence-electron chi connectivity index (χ1n) is 10.4. The lowest BCUT2D eigenvalue weighted by atomic mass is 10.1. The number of ether oxygens (including phenoxy) is 1. The van der Waals surface area contributed by atoms with E-state index in [0.717, 1.165) is 76.8 Å². The van der Waals surface area contributed by atoms with E-state index in [-0.39, 0.29) is 29.9 Å². The number of guanidine groups is 1. The molecule has 1 heterocycles. The van der Waals surface area contributed by atoms with Gasteiger partial charge in [-0.05, 0) is 31.0 Å². The summed E-state index contributed by atoms with van der Waals surface area (Å²) in [6.07, 6.45) is 2.08. The second-order valence-corrected chi connectivity index (χ2v) is 6.88. The van der Waals surface area contributed by atoms with Crippen LogP contribution in [0.2, 0.25) is 0 Å². The summed E-state index contributed by atoms with van der Waals surface area (Å²) in [7, 11) is 0. The third kappa shape index (κ3) is 10.3. The molecule has 1 saturated heterocycles. The lowest BCUT2D eigenvalue weighted by molar-refractivity contribution is 0.0389. The topological polar surface area (TPSA) is 78.0 Å². The van der Waals surface area contributed by atoms with Gasteiger partial charge >= 0.3 is 0 Å². The molecule has 1 aromatic carbocycles. The number of hydrogen-bond acceptors (Lipinski definition) is 4. The summed E-state index contributed by atoms with van der Waals surface area (Å²) in [5.41, 5.74) is 1.77. The minimum absolute atomic E-state index is 0. The molecule has 1 fully saturated rings. The number of nitrogens with one attached hydrogen (secondary N) is 3. The highest BCUT2D eigenvalue weighted by atomic mass is 127. The molecule has 0 aromatic heterocycles. The molecule has 0 unspecified atom stereocenters. The van der Waals surface area contributed by atoms with E-state index in [1.165, 1.54) is 0 Å². The van der Waals surface area contributed by atoms with Crippen LogP contribution >= 0.6 is 24.0 Å². The highest BCUT2D eigenvalue weighted by Gasteiger charge is 2.09. The number of nitrogens with zero attached hydrogens (tertiary/aromatic N) is 2. The first-order chi connectivity index (χ1) is 13.7. The predicted molar refractivity (Wildman–Crippen MR) is 129 cm³/mol. The summed E-state index contributed by atoms with van der Waals surface area (Å²) in [5, 5.41) is 9.61. The highest BCUT2D eigenvalue weighted by molar-refractivity contribution is 14.0. The van der Waals surface area contributed by atoms with Gasteiger partial charge in [-0.2, -0.15) is 0 Å². The van der Waals surface area contributed by atoms with Crippen LogP contribution in [0.4, 0.5) is 0 Å². The van der Waals surface area contributed by atoms with Crippen LogP contribution in [0.15, 0.2) is 29.3 Å². The SMILES string of the molecule is CCCCNC(=O)c1ccc(CN=C(NCC)NCCN2CCOCC2)cc1.I. The molecule has 2 rings (SSSR count). The third-order valence-electron chi connectivity index (χ3n) is 4.62. The predicted octanol–water partition coefficient (Wildman–Crippen LogP) is 2.22. The van der Waals surface area contributed by atoms with Crippen LogP contribution < -0.4 is 16.0 Å². The Balaban J connectivity index is 0.00000420. The van der Waals surface area contributed by atoms with Crippen LogP contribution in [-0.4, -0.2) is 69.2 Å². The van der Waals surface area contributed by atoms with Crippen molar-refractivity contribution in [3.63, 3.8) is 0 Å². The number of aliphatic imine (C=N–C) groups is 1. The van der Waals surface area contributed by atoms with Crippen molar-refractivity contribution in [3.05, 3.63) is 35.4 Å². The van der Waals surface area contributed by atoms with Crippen LogP contribution in [-0.2, 0) is 11.3 Å². The first kappa shape index (κ1) is 25.6. The Morgan fingerprint density at radius 1 is 1.07 bits per heavy atom. The average molecular weight is 517 g/mol. The van der Waals surface area contributed by atoms with Crippen molar-refractivity contribution < 1.29 is 9.53 Å². The number of carbonyl (C=O) groups is 1. The standard InChI is InChI=1S/C21H35N5O2.HI/c1-3-5-10-23-20(27)19-8-6-18(7-9-19)17-25-21(22-4-2)24-11-12-26-13-15-28-16-14-26;/h6-9H,3-5,10-17H2,1-2H3,(H,23,27)(H2,22,24,25);1H. The normalized spacial score (nSPS) is 14.8. The van der Waals surface area contributed by atoms with E-state index in [1.807, 2.05) is 24.3 Å². The van der Waals surface area contributed by atoms with Crippen molar-refractivity contribution in [2.24, 2.45) is 4.99 Å². The number of halogens is 1. The zero-order valence-corrected chi connectivity index (χ0v) is 20.0. The summed E-state index contributed by atoms with van der Waals surface area (Å²) in [6.45, 7) is 11.8. The molecule has 164 valence electrons. The minimum atomic E-state index is -0.0124. The van der Waals surface area contributed by atoms with E-state index in [9.17, 15) is 4.79 Å². The molecule has 1 aromatic rings. The van der Waals surface area contributed by atoms with Crippen molar-refractivity contribution >= 4 is 35.8 Å². The van der Waals surface area contributed by atoms with Gasteiger partial charge in [0.05, 0.1) is 19.8 Å². The molecule has 0 aliphatic carbocycles. The molecule has 7 nitrogen and oxygen atoms in total. The number of morpholine rings is 1. The molecule has 0 saturated carbocycles. The Labute approximate surface area is 192 Å². The molecule has 1 amide bonds. The van der Waals surface area contributed by atoms with Gasteiger partial charge in [-0.1, -0.05) is 25.5 Å². The van der Waals surface area contributed by atoms with E-state index < -0.39 is 0 Å². The molecule has 1 aliphatic rings. The van der Waals surface area contributed by atoms with Gasteiger partial charge in [0.15, 0.2) is 5.96 Å². The van der Waals surface area contributed by atoms with Gasteiger partial charge in [0.25, 0.3) is 5.91 Å². The molecule has 8 heteroatoms. The Kier molecular flexibility index (Phi) is 13.7. The Morgan fingerprint density at radius 2 is 1.79 bits per heavy atom. The van der Waals surface area contributed by atoms with Crippen molar-refractivity contribution in [2.45, 2.75) is 33.2 Å². The number of carbonyl (C=O) groups excluding carboxylic acids is 1. The molecule has 0 spiro atoms. The molecule has 1 aliphatic heterocycles. The second kappa shape index (κ2) is 15.4. The molecule has 0 radical (unpaired) electrons. The lowest BCUT2D eigenvalue weighted by Gasteiger charge is -2.26. The van der Waals surface area contributed by atoms with Gasteiger partial charge in [0.2, 0.25) is 0 Å². The molecule has 0 bridgehead atoms. The number of benzene rings is 1. The quantitative estimate of drug-likeness (QED) is 0.192. The lowest BCUT2D eigenvalue weighted by Crippen LogP contribution is -2.44. The fourth-order valence-electron chi connectivity index (χ4n) is 2.91. The molecular weight excluding hydrogens is 481 g/mol. The number of unbranched alkanes of at least 4 members (excludes halogenated alkanes) is 1. The molecular formula is C21H36IN5O2. The fraction of sp³-hybridized carbons (Fsp3) is 0.619. The number of rotatable bonds is 10. The molecule has 29 heavy (non-hydrogen) atoms. The van der Waals surface area contributed by atoms with E-state index in [0.29, 0.717) is 12.1 Å². The minimum Gasteiger partial charge on any atom is -0.379 e. The number of hydrogen-bond donors (Lipinski definition) is 3. The fourth-order valence-corrected chi connectivity index (χ4v) is 2.91. The largest absolute Gasteiger partial charge is 0.379 e. The third-order valence-corrected chi connectivity index (χ3v) is 4.62. The summed E-state index contributed by atoms with van der Waals surface area (Å²) >= 11 is 0. The van der Waals surface area contributed by atoms with Gasteiger partial charge in [0, 0.05) is 44.8 Å². The van der Waals surface area contributed by atoms with Crippen LogP contribution in [0.3, 0.4) is 0 Å². The van der Waals surface area contributed by atoms with Crippen molar-refractivity contribution in [3.8, 4) is 0 Å². The number of amides is 1.